The summed E-state index contributed by atoms with van der Waals surface area (Å²) in [5, 5.41) is 0. The highest BCUT2D eigenvalue weighted by Gasteiger charge is 2.31. The number of rotatable bonds is 10. The van der Waals surface area contributed by atoms with Crippen LogP contribution in [0.25, 0.3) is 0 Å². The lowest BCUT2D eigenvalue weighted by Crippen LogP contribution is -2.52. The Balaban J connectivity index is 1.42. The van der Waals surface area contributed by atoms with Gasteiger partial charge in [-0.1, -0.05) is 0 Å². The molecule has 1 amide bonds. The van der Waals surface area contributed by atoms with Crippen LogP contribution in [0.15, 0.2) is 17.0 Å². The van der Waals surface area contributed by atoms with Crippen LogP contribution in [0.3, 0.4) is 0 Å². The molecule has 1 aliphatic heterocycles. The summed E-state index contributed by atoms with van der Waals surface area (Å²) >= 11 is 0. The zero-order valence-corrected chi connectivity index (χ0v) is 23.2. The standard InChI is InChI=1S/C26H44N4O4S/c1-20-16-24(33-6)17-21(2)26(20)35(32)28(4)14-15-34-19-25(31)29(5)22-8-7-9-23(18-22)30-12-10-27(3)11-13-30/h16-17,22-23H,7-15,18-19H2,1-6H3/t22-,23-,35?/m1/s1. The maximum atomic E-state index is 13.1. The van der Waals surface area contributed by atoms with Crippen LogP contribution in [0.1, 0.15) is 36.8 Å². The molecule has 1 unspecified atom stereocenters. The summed E-state index contributed by atoms with van der Waals surface area (Å²) in [4.78, 5) is 20.5. The molecule has 0 radical (unpaired) electrons. The quantitative estimate of drug-likeness (QED) is 0.452. The summed E-state index contributed by atoms with van der Waals surface area (Å²) in [7, 11) is 6.25. The fourth-order valence-electron chi connectivity index (χ4n) is 5.21. The van der Waals surface area contributed by atoms with E-state index >= 15 is 0 Å². The van der Waals surface area contributed by atoms with Crippen LogP contribution in [0, 0.1) is 13.8 Å². The molecule has 0 spiro atoms. The van der Waals surface area contributed by atoms with E-state index in [1.54, 1.807) is 11.4 Å². The summed E-state index contributed by atoms with van der Waals surface area (Å²) in [5.74, 6) is 0.793. The normalized spacial score (nSPS) is 22.8. The smallest absolute Gasteiger partial charge is 0.248 e. The molecule has 1 aromatic carbocycles. The number of nitrogens with zero attached hydrogens (tertiary/aromatic N) is 4. The molecule has 9 heteroatoms. The van der Waals surface area contributed by atoms with Crippen molar-refractivity contribution in [2.45, 2.75) is 56.5 Å². The third kappa shape index (κ3) is 7.49. The number of methoxy groups -OCH3 is 1. The first-order valence-electron chi connectivity index (χ1n) is 12.8. The molecule has 0 N–H and O–H groups in total. The van der Waals surface area contributed by atoms with Crippen molar-refractivity contribution in [3.05, 3.63) is 23.3 Å². The number of carbonyl (C=O) groups excluding carboxylic acids is 1. The monoisotopic (exact) mass is 508 g/mol. The first kappa shape index (κ1) is 28.1. The van der Waals surface area contributed by atoms with Crippen molar-refractivity contribution in [1.82, 2.24) is 19.0 Å². The van der Waals surface area contributed by atoms with Gasteiger partial charge in [0.15, 0.2) is 0 Å². The van der Waals surface area contributed by atoms with Gasteiger partial charge in [0.25, 0.3) is 0 Å². The topological polar surface area (TPSA) is 65.6 Å². The number of benzene rings is 1. The molecule has 1 saturated heterocycles. The lowest BCUT2D eigenvalue weighted by atomic mass is 9.88. The second-order valence-corrected chi connectivity index (χ2v) is 11.6. The maximum absolute atomic E-state index is 13.1. The van der Waals surface area contributed by atoms with Gasteiger partial charge >= 0.3 is 0 Å². The Hall–Kier alpha value is -1.52. The van der Waals surface area contributed by atoms with Crippen LogP contribution in [0.4, 0.5) is 0 Å². The zero-order valence-electron chi connectivity index (χ0n) is 22.4. The predicted molar refractivity (Wildman–Crippen MR) is 140 cm³/mol. The van der Waals surface area contributed by atoms with Crippen LogP contribution < -0.4 is 4.74 Å². The Bertz CT molecular complexity index is 852. The molecule has 0 bridgehead atoms. The summed E-state index contributed by atoms with van der Waals surface area (Å²) < 4.78 is 25.8. The number of aryl methyl sites for hydroxylation is 2. The number of carbonyl (C=O) groups is 1. The van der Waals surface area contributed by atoms with Crippen molar-refractivity contribution in [3.63, 3.8) is 0 Å². The van der Waals surface area contributed by atoms with E-state index in [1.165, 1.54) is 12.8 Å². The molecule has 35 heavy (non-hydrogen) atoms. The summed E-state index contributed by atoms with van der Waals surface area (Å²) in [5.41, 5.74) is 1.87. The van der Waals surface area contributed by atoms with Crippen molar-refractivity contribution in [3.8, 4) is 5.75 Å². The Labute approximate surface area is 214 Å². The number of ether oxygens (including phenoxy) is 2. The van der Waals surface area contributed by atoms with E-state index in [9.17, 15) is 9.00 Å². The Morgan fingerprint density at radius 1 is 1.11 bits per heavy atom. The third-order valence-electron chi connectivity index (χ3n) is 7.52. The highest BCUT2D eigenvalue weighted by Crippen LogP contribution is 2.27. The van der Waals surface area contributed by atoms with E-state index in [-0.39, 0.29) is 18.6 Å². The fraction of sp³-hybridized carbons (Fsp3) is 0.731. The summed E-state index contributed by atoms with van der Waals surface area (Å²) in [6.07, 6.45) is 4.51. The SMILES string of the molecule is COc1cc(C)c(S(=O)N(C)CCOCC(=O)N(C)[C@@H]2CCC[C@@H](N3CCN(C)CC3)C2)c(C)c1. The molecule has 1 aromatic rings. The van der Waals surface area contributed by atoms with E-state index in [0.717, 1.165) is 60.8 Å². The minimum absolute atomic E-state index is 0.0275. The highest BCUT2D eigenvalue weighted by molar-refractivity contribution is 7.82. The molecule has 0 aromatic heterocycles. The minimum Gasteiger partial charge on any atom is -0.497 e. The van der Waals surface area contributed by atoms with Crippen LogP contribution >= 0.6 is 0 Å². The molecular weight excluding hydrogens is 464 g/mol. The second kappa shape index (κ2) is 13.1. The van der Waals surface area contributed by atoms with Gasteiger partial charge in [-0.05, 0) is 69.8 Å². The van der Waals surface area contributed by atoms with Crippen molar-refractivity contribution in [2.24, 2.45) is 0 Å². The second-order valence-electron chi connectivity index (χ2n) is 10.1. The molecule has 3 rings (SSSR count). The first-order valence-corrected chi connectivity index (χ1v) is 13.9. The van der Waals surface area contributed by atoms with E-state index in [0.29, 0.717) is 19.2 Å². The van der Waals surface area contributed by atoms with Crippen molar-refractivity contribution < 1.29 is 18.5 Å². The van der Waals surface area contributed by atoms with Crippen LogP contribution in [0.2, 0.25) is 0 Å². The summed E-state index contributed by atoms with van der Waals surface area (Å²) in [6.45, 7) is 9.28. The number of piperazine rings is 1. The minimum atomic E-state index is -1.30. The van der Waals surface area contributed by atoms with E-state index < -0.39 is 11.0 Å². The first-order chi connectivity index (χ1) is 16.7. The van der Waals surface area contributed by atoms with E-state index in [1.807, 2.05) is 45.0 Å². The molecule has 8 nitrogen and oxygen atoms in total. The summed E-state index contributed by atoms with van der Waals surface area (Å²) in [6, 6.07) is 4.66. The number of amides is 1. The van der Waals surface area contributed by atoms with Gasteiger partial charge in [-0.3, -0.25) is 9.69 Å². The van der Waals surface area contributed by atoms with Gasteiger partial charge in [0.2, 0.25) is 5.91 Å². The van der Waals surface area contributed by atoms with Crippen LogP contribution in [0.5, 0.6) is 5.75 Å². The maximum Gasteiger partial charge on any atom is 0.248 e. The number of hydrogen-bond donors (Lipinski definition) is 0. The largest absolute Gasteiger partial charge is 0.497 e. The van der Waals surface area contributed by atoms with Crippen LogP contribution in [-0.4, -0.2) is 115 Å². The zero-order chi connectivity index (χ0) is 25.5. The van der Waals surface area contributed by atoms with Gasteiger partial charge in [-0.15, -0.1) is 0 Å². The molecule has 198 valence electrons. The van der Waals surface area contributed by atoms with Crippen molar-refractivity contribution in [2.75, 3.05) is 74.2 Å². The molecule has 2 aliphatic rings. The fourth-order valence-corrected chi connectivity index (χ4v) is 6.43. The van der Waals surface area contributed by atoms with Crippen LogP contribution in [-0.2, 0) is 20.5 Å². The van der Waals surface area contributed by atoms with Crippen molar-refractivity contribution in [1.29, 1.82) is 0 Å². The molecule has 3 atom stereocenters. The highest BCUT2D eigenvalue weighted by atomic mass is 32.2. The average molecular weight is 509 g/mol. The van der Waals surface area contributed by atoms with Gasteiger partial charge in [0.05, 0.1) is 18.6 Å². The number of hydrogen-bond acceptors (Lipinski definition) is 6. The van der Waals surface area contributed by atoms with Gasteiger partial charge in [-0.2, -0.15) is 0 Å². The predicted octanol–water partition coefficient (Wildman–Crippen LogP) is 2.30. The lowest BCUT2D eigenvalue weighted by molar-refractivity contribution is -0.138. The van der Waals surface area contributed by atoms with E-state index in [4.69, 9.17) is 9.47 Å². The Kier molecular flexibility index (Phi) is 10.5. The van der Waals surface area contributed by atoms with Crippen molar-refractivity contribution >= 4 is 16.9 Å². The van der Waals surface area contributed by atoms with Gasteiger partial charge < -0.3 is 19.3 Å². The average Bonchev–Trinajstić information content (AvgIpc) is 2.85. The Morgan fingerprint density at radius 3 is 2.40 bits per heavy atom. The lowest BCUT2D eigenvalue weighted by Gasteiger charge is -2.43. The van der Waals surface area contributed by atoms with Gasteiger partial charge in [0, 0.05) is 58.9 Å². The number of likely N-dealkylation sites (N-methyl/N-ethyl adjacent to an activating group) is 3. The molecule has 1 saturated carbocycles. The third-order valence-corrected chi connectivity index (χ3v) is 9.26. The van der Waals surface area contributed by atoms with Gasteiger partial charge in [0.1, 0.15) is 23.3 Å². The van der Waals surface area contributed by atoms with Gasteiger partial charge in [-0.25, -0.2) is 8.51 Å². The molecule has 1 heterocycles. The molecular formula is C26H44N4O4S. The Morgan fingerprint density at radius 2 is 1.77 bits per heavy atom. The molecule has 1 aliphatic carbocycles. The van der Waals surface area contributed by atoms with E-state index in [2.05, 4.69) is 16.8 Å². The molecule has 2 fully saturated rings.